The Morgan fingerprint density at radius 1 is 0.830 bits per heavy atom. The van der Waals surface area contributed by atoms with Crippen molar-refractivity contribution in [3.8, 4) is 17.6 Å². The summed E-state index contributed by atoms with van der Waals surface area (Å²) >= 11 is 3.74. The van der Waals surface area contributed by atoms with Crippen LogP contribution in [0.1, 0.15) is 55.5 Å². The van der Waals surface area contributed by atoms with Crippen molar-refractivity contribution in [2.45, 2.75) is 57.9 Å². The number of hydrogen-bond donors (Lipinski definition) is 0. The van der Waals surface area contributed by atoms with Crippen molar-refractivity contribution in [2.75, 3.05) is 11.5 Å². The Balaban J connectivity index is 1.64. The molecule has 0 spiro atoms. The molecule has 0 atom stereocenters. The van der Waals surface area contributed by atoms with E-state index in [1.54, 1.807) is 24.3 Å². The highest BCUT2D eigenvalue weighted by atomic mass is 79.9. The van der Waals surface area contributed by atoms with Gasteiger partial charge >= 0.3 is 0 Å². The van der Waals surface area contributed by atoms with Crippen molar-refractivity contribution >= 4 is 35.9 Å². The highest BCUT2D eigenvalue weighted by molar-refractivity contribution is 9.10. The van der Waals surface area contributed by atoms with Crippen LogP contribution in [-0.2, 0) is 12.1 Å². The second-order valence-corrected chi connectivity index (χ2v) is 20.0. The van der Waals surface area contributed by atoms with E-state index in [0.717, 1.165) is 22.4 Å². The average molecular weight is 788 g/mol. The minimum Gasteiger partial charge on any atom is -0.541 e. The molecule has 6 aromatic rings. The maximum Gasteiger partial charge on any atom is 0.250 e. The SMILES string of the molecule is CCOc1cc(CN(c2ccc(C#N)cc2)c2nc(Br)cn2C(c2ccccc2)(c2ccccc2)c2ccccc2)c(F)c(O[Si](C)(C)C(C)(C)C)c1. The molecule has 6 nitrogen and oxygen atoms in total. The molecule has 0 aliphatic carbocycles. The molecule has 5 aromatic carbocycles. The molecular formula is C44H44BrFN4O2Si. The molecule has 0 aliphatic heterocycles. The van der Waals surface area contributed by atoms with Gasteiger partial charge in [-0.05, 0) is 88.0 Å². The zero-order chi connectivity index (χ0) is 37.8. The molecular weight excluding hydrogens is 743 g/mol. The number of hydrogen-bond acceptors (Lipinski definition) is 5. The Morgan fingerprint density at radius 3 is 1.83 bits per heavy atom. The number of halogens is 2. The minimum atomic E-state index is -2.43. The van der Waals surface area contributed by atoms with E-state index in [2.05, 4.69) is 96.8 Å². The molecule has 270 valence electrons. The van der Waals surface area contributed by atoms with Crippen LogP contribution in [0.15, 0.2) is 138 Å². The number of nitrogens with zero attached hydrogens (tertiary/aromatic N) is 4. The lowest BCUT2D eigenvalue weighted by Crippen LogP contribution is -2.44. The minimum absolute atomic E-state index is 0.0738. The van der Waals surface area contributed by atoms with Crippen molar-refractivity contribution in [1.82, 2.24) is 9.55 Å². The first-order valence-corrected chi connectivity index (χ1v) is 21.4. The van der Waals surface area contributed by atoms with Gasteiger partial charge in [0.15, 0.2) is 5.82 Å². The monoisotopic (exact) mass is 786 g/mol. The molecule has 0 N–H and O–H groups in total. The van der Waals surface area contributed by atoms with Gasteiger partial charge in [-0.1, -0.05) is 112 Å². The summed E-state index contributed by atoms with van der Waals surface area (Å²) in [5.74, 6) is 0.795. The molecule has 53 heavy (non-hydrogen) atoms. The van der Waals surface area contributed by atoms with E-state index < -0.39 is 19.7 Å². The van der Waals surface area contributed by atoms with Crippen LogP contribution in [0.4, 0.5) is 16.0 Å². The van der Waals surface area contributed by atoms with Crippen molar-refractivity contribution in [3.63, 3.8) is 0 Å². The van der Waals surface area contributed by atoms with Crippen LogP contribution in [0.2, 0.25) is 18.1 Å². The summed E-state index contributed by atoms with van der Waals surface area (Å²) in [7, 11) is -2.43. The zero-order valence-electron chi connectivity index (χ0n) is 31.0. The third-order valence-electron chi connectivity index (χ3n) is 10.0. The highest BCUT2D eigenvalue weighted by Crippen LogP contribution is 2.46. The Hall–Kier alpha value is -5.17. The summed E-state index contributed by atoms with van der Waals surface area (Å²) in [5, 5.41) is 9.54. The van der Waals surface area contributed by atoms with Gasteiger partial charge in [-0.2, -0.15) is 5.26 Å². The van der Waals surface area contributed by atoms with E-state index in [4.69, 9.17) is 14.1 Å². The van der Waals surface area contributed by atoms with Crippen LogP contribution in [0, 0.1) is 17.1 Å². The fraction of sp³-hybridized carbons (Fsp3) is 0.227. The first kappa shape index (κ1) is 37.6. The number of imidazole rings is 1. The maximum atomic E-state index is 17.0. The van der Waals surface area contributed by atoms with E-state index >= 15 is 4.39 Å². The molecule has 0 bridgehead atoms. The Morgan fingerprint density at radius 2 is 1.36 bits per heavy atom. The molecule has 1 heterocycles. The molecule has 0 unspecified atom stereocenters. The molecule has 6 rings (SSSR count). The van der Waals surface area contributed by atoms with Crippen LogP contribution >= 0.6 is 15.9 Å². The molecule has 0 saturated carbocycles. The maximum absolute atomic E-state index is 17.0. The Bertz CT molecular complexity index is 2100. The van der Waals surface area contributed by atoms with Crippen molar-refractivity contribution in [1.29, 1.82) is 5.26 Å². The first-order chi connectivity index (χ1) is 25.4. The van der Waals surface area contributed by atoms with Crippen LogP contribution < -0.4 is 14.1 Å². The average Bonchev–Trinajstić information content (AvgIpc) is 3.54. The lowest BCUT2D eigenvalue weighted by molar-refractivity contribution is 0.336. The lowest BCUT2D eigenvalue weighted by atomic mass is 9.76. The smallest absolute Gasteiger partial charge is 0.250 e. The van der Waals surface area contributed by atoms with Crippen molar-refractivity contribution in [2.24, 2.45) is 0 Å². The van der Waals surface area contributed by atoms with Crippen LogP contribution in [-0.4, -0.2) is 24.5 Å². The van der Waals surface area contributed by atoms with Gasteiger partial charge in [0.2, 0.25) is 5.95 Å². The predicted molar refractivity (Wildman–Crippen MR) is 217 cm³/mol. The standard InChI is InChI=1S/C44H44BrFN4O2Si/c1-7-51-38-27-33(41(46)39(28-38)52-53(5,6)43(2,3)4)30-49(37-25-23-32(29-47)24-26-37)42-48-40(45)31-50(42)44(34-17-11-8-12-18-34,35-19-13-9-14-20-35)36-21-15-10-16-22-36/h8-28,31H,7,30H2,1-6H3. The van der Waals surface area contributed by atoms with E-state index in [9.17, 15) is 5.26 Å². The van der Waals surface area contributed by atoms with E-state index in [0.29, 0.717) is 34.0 Å². The molecule has 0 amide bonds. The molecule has 0 saturated heterocycles. The number of nitriles is 1. The summed E-state index contributed by atoms with van der Waals surface area (Å²) in [6, 6.07) is 43.9. The van der Waals surface area contributed by atoms with Crippen molar-refractivity contribution in [3.05, 3.63) is 172 Å². The molecule has 0 aliphatic rings. The predicted octanol–water partition coefficient (Wildman–Crippen LogP) is 11.6. The number of ether oxygens (including phenoxy) is 1. The number of anilines is 2. The number of benzene rings is 5. The zero-order valence-corrected chi connectivity index (χ0v) is 33.6. The van der Waals surface area contributed by atoms with Gasteiger partial charge < -0.3 is 14.1 Å². The summed E-state index contributed by atoms with van der Waals surface area (Å²) < 4.78 is 32.4. The van der Waals surface area contributed by atoms with Gasteiger partial charge in [0, 0.05) is 23.5 Å². The third kappa shape index (κ3) is 7.52. The number of aromatic nitrogens is 2. The fourth-order valence-electron chi connectivity index (χ4n) is 6.39. The summed E-state index contributed by atoms with van der Waals surface area (Å²) in [6.45, 7) is 13.0. The second kappa shape index (κ2) is 15.4. The third-order valence-corrected chi connectivity index (χ3v) is 14.8. The first-order valence-electron chi connectivity index (χ1n) is 17.7. The van der Waals surface area contributed by atoms with Crippen LogP contribution in [0.5, 0.6) is 11.5 Å². The van der Waals surface area contributed by atoms with E-state index in [1.165, 1.54) is 0 Å². The van der Waals surface area contributed by atoms with Gasteiger partial charge in [-0.15, -0.1) is 0 Å². The van der Waals surface area contributed by atoms with Crippen LogP contribution in [0.3, 0.4) is 0 Å². The lowest BCUT2D eigenvalue weighted by Gasteiger charge is -2.40. The fourth-order valence-corrected chi connectivity index (χ4v) is 7.76. The van der Waals surface area contributed by atoms with Crippen molar-refractivity contribution < 1.29 is 13.6 Å². The van der Waals surface area contributed by atoms with Gasteiger partial charge in [-0.25, -0.2) is 9.37 Å². The van der Waals surface area contributed by atoms with Gasteiger partial charge in [-0.3, -0.25) is 4.57 Å². The van der Waals surface area contributed by atoms with Gasteiger partial charge in [0.05, 0.1) is 24.8 Å². The summed E-state index contributed by atoms with van der Waals surface area (Å²) in [6.07, 6.45) is 1.98. The van der Waals surface area contributed by atoms with E-state index in [1.807, 2.05) is 84.8 Å². The normalized spacial score (nSPS) is 11.9. The quantitative estimate of drug-likeness (QED) is 0.0913. The van der Waals surface area contributed by atoms with E-state index in [-0.39, 0.29) is 17.3 Å². The Labute approximate surface area is 321 Å². The van der Waals surface area contributed by atoms with Crippen LogP contribution in [0.25, 0.3) is 0 Å². The Kier molecular flexibility index (Phi) is 10.9. The molecule has 1 aromatic heterocycles. The number of rotatable bonds is 12. The van der Waals surface area contributed by atoms with Gasteiger partial charge in [0.25, 0.3) is 8.32 Å². The molecule has 0 radical (unpaired) electrons. The molecule has 9 heteroatoms. The largest absolute Gasteiger partial charge is 0.541 e. The van der Waals surface area contributed by atoms with Gasteiger partial charge in [0.1, 0.15) is 21.6 Å². The summed E-state index contributed by atoms with van der Waals surface area (Å²) in [5.41, 5.74) is 3.74. The topological polar surface area (TPSA) is 63.3 Å². The highest BCUT2D eigenvalue weighted by Gasteiger charge is 2.42. The molecule has 0 fully saturated rings. The second-order valence-electron chi connectivity index (χ2n) is 14.5. The summed E-state index contributed by atoms with van der Waals surface area (Å²) in [4.78, 5) is 7.12.